The zero-order valence-corrected chi connectivity index (χ0v) is 30.4. The lowest BCUT2D eigenvalue weighted by molar-refractivity contribution is -0.527. The maximum atomic E-state index is 11.1. The number of allylic oxidation sites excluding steroid dienone is 3. The van der Waals surface area contributed by atoms with E-state index < -0.39 is 16.2 Å². The first kappa shape index (κ1) is 43.9. The van der Waals surface area contributed by atoms with E-state index >= 15 is 0 Å². The van der Waals surface area contributed by atoms with Crippen LogP contribution in [0, 0.1) is 0 Å². The van der Waals surface area contributed by atoms with E-state index in [0.717, 1.165) is 31.6 Å². The highest BCUT2D eigenvalue weighted by Gasteiger charge is 2.39. The summed E-state index contributed by atoms with van der Waals surface area (Å²) in [6.07, 6.45) is 19.0. The maximum Gasteiger partial charge on any atom is 0.264 e. The highest BCUT2D eigenvalue weighted by Crippen LogP contribution is 2.46. The monoisotopic (exact) mass is 708 g/mol. The summed E-state index contributed by atoms with van der Waals surface area (Å²) < 4.78 is 33.5. The van der Waals surface area contributed by atoms with Crippen molar-refractivity contribution < 1.29 is 48.9 Å². The molecule has 3 rings (SSSR count). The van der Waals surface area contributed by atoms with Gasteiger partial charge in [0.15, 0.2) is 0 Å². The van der Waals surface area contributed by atoms with Crippen molar-refractivity contribution in [3.05, 3.63) is 64.7 Å². The molecule has 0 fully saturated rings. The third-order valence-electron chi connectivity index (χ3n) is 9.11. The van der Waals surface area contributed by atoms with Crippen molar-refractivity contribution in [2.24, 2.45) is 0 Å². The summed E-state index contributed by atoms with van der Waals surface area (Å²) in [7, 11) is -4.06. The smallest absolute Gasteiger partial charge is 0.264 e. The molecule has 12 heteroatoms. The molecule has 1 aromatic carbocycles. The topological polar surface area (TPSA) is 203 Å². The Bertz CT molecular complexity index is 1440. The Labute approximate surface area is 293 Å². The minimum absolute atomic E-state index is 0. The van der Waals surface area contributed by atoms with Crippen molar-refractivity contribution in [3.63, 3.8) is 0 Å². The summed E-state index contributed by atoms with van der Waals surface area (Å²) >= 11 is 0. The fourth-order valence-corrected chi connectivity index (χ4v) is 6.85. The summed E-state index contributed by atoms with van der Waals surface area (Å²) in [4.78, 5) is 1.86. The van der Waals surface area contributed by atoms with Crippen LogP contribution in [0.15, 0.2) is 59.1 Å². The second-order valence-corrected chi connectivity index (χ2v) is 14.3. The van der Waals surface area contributed by atoms with Crippen LogP contribution in [0.25, 0.3) is 5.57 Å². The number of rotatable bonds is 21. The maximum absolute atomic E-state index is 11.1. The van der Waals surface area contributed by atoms with Gasteiger partial charge in [0, 0.05) is 66.0 Å². The highest BCUT2D eigenvalue weighted by molar-refractivity contribution is 7.85. The lowest BCUT2D eigenvalue weighted by Gasteiger charge is -2.32. The largest absolute Gasteiger partial charge is 0.870 e. The summed E-state index contributed by atoms with van der Waals surface area (Å²) in [5.41, 5.74) is 2.59. The first-order valence-corrected chi connectivity index (χ1v) is 19.2. The van der Waals surface area contributed by atoms with Gasteiger partial charge < -0.3 is 36.3 Å². The third-order valence-corrected chi connectivity index (χ3v) is 9.91. The van der Waals surface area contributed by atoms with Crippen molar-refractivity contribution in [2.45, 2.75) is 110 Å². The number of phenolic OH excluding ortho intramolecular Hbond substituents is 1. The van der Waals surface area contributed by atoms with Gasteiger partial charge in [-0.25, -0.2) is 4.58 Å². The minimum atomic E-state index is -4.06. The van der Waals surface area contributed by atoms with E-state index in [-0.39, 0.29) is 57.1 Å². The summed E-state index contributed by atoms with van der Waals surface area (Å²) in [5, 5.41) is 44.1. The van der Waals surface area contributed by atoms with E-state index in [1.807, 2.05) is 17.9 Å². The second kappa shape index (κ2) is 21.8. The van der Waals surface area contributed by atoms with Gasteiger partial charge in [0.05, 0.1) is 11.8 Å². The number of aliphatic hydroxyl groups excluding tert-OH is 3. The van der Waals surface area contributed by atoms with Gasteiger partial charge in [-0.3, -0.25) is 4.55 Å². The zero-order chi connectivity index (χ0) is 34.4. The van der Waals surface area contributed by atoms with E-state index in [1.54, 1.807) is 24.3 Å². The number of benzene rings is 1. The number of anilines is 1. The molecule has 0 saturated heterocycles. The van der Waals surface area contributed by atoms with E-state index in [4.69, 9.17) is 4.55 Å². The fourth-order valence-electron chi connectivity index (χ4n) is 6.35. The van der Waals surface area contributed by atoms with Gasteiger partial charge in [0.1, 0.15) is 36.5 Å². The van der Waals surface area contributed by atoms with Crippen molar-refractivity contribution in [2.75, 3.05) is 36.8 Å². The number of unbranched alkanes of at least 4 members (excludes halogenated alkanes) is 10. The van der Waals surface area contributed by atoms with Crippen molar-refractivity contribution in [1.82, 2.24) is 0 Å². The molecule has 0 aliphatic heterocycles. The Hall–Kier alpha value is -3.16. The van der Waals surface area contributed by atoms with Crippen LogP contribution in [-0.4, -0.2) is 92.7 Å². The highest BCUT2D eigenvalue weighted by atomic mass is 32.2. The van der Waals surface area contributed by atoms with Gasteiger partial charge in [-0.15, -0.1) is 0 Å². The van der Waals surface area contributed by atoms with Gasteiger partial charge in [-0.05, 0) is 44.4 Å². The molecule has 0 radical (unpaired) electrons. The van der Waals surface area contributed by atoms with Crippen LogP contribution in [0.3, 0.4) is 0 Å². The Morgan fingerprint density at radius 3 is 1.86 bits per heavy atom. The van der Waals surface area contributed by atoms with Crippen LogP contribution in [-0.2, 0) is 10.1 Å². The number of aromatic hydroxyl groups is 1. The van der Waals surface area contributed by atoms with Crippen molar-refractivity contribution >= 4 is 27.1 Å². The van der Waals surface area contributed by atoms with Crippen molar-refractivity contribution in [1.29, 1.82) is 0 Å². The summed E-state index contributed by atoms with van der Waals surface area (Å²) in [5.74, 6) is -0.695. The van der Waals surface area contributed by atoms with Gasteiger partial charge in [-0.2, -0.15) is 8.42 Å². The predicted octanol–water partition coefficient (Wildman–Crippen LogP) is 6.62. The molecular weight excluding hydrogens is 648 g/mol. The number of hydrogen-bond acceptors (Lipinski definition) is 8. The summed E-state index contributed by atoms with van der Waals surface area (Å²) in [6.45, 7) is 9.07. The van der Waals surface area contributed by atoms with E-state index in [1.165, 1.54) is 70.3 Å². The average molecular weight is 709 g/mol. The van der Waals surface area contributed by atoms with Gasteiger partial charge in [0.25, 0.3) is 10.1 Å². The zero-order valence-electron chi connectivity index (χ0n) is 29.6. The quantitative estimate of drug-likeness (QED) is 0.0528. The molecule has 1 atom stereocenters. The van der Waals surface area contributed by atoms with E-state index in [2.05, 4.69) is 18.4 Å². The first-order valence-electron chi connectivity index (χ1n) is 17.6. The molecule has 0 saturated carbocycles. The van der Waals surface area contributed by atoms with Gasteiger partial charge >= 0.3 is 0 Å². The van der Waals surface area contributed by atoms with Gasteiger partial charge in [0.2, 0.25) is 5.71 Å². The lowest BCUT2D eigenvalue weighted by Crippen LogP contribution is -2.29. The molecule has 49 heavy (non-hydrogen) atoms. The van der Waals surface area contributed by atoms with E-state index in [9.17, 15) is 28.8 Å². The molecule has 8 N–H and O–H groups in total. The number of phenols is 1. The molecule has 0 aromatic heterocycles. The van der Waals surface area contributed by atoms with Crippen LogP contribution in [0.5, 0.6) is 5.75 Å². The van der Waals surface area contributed by atoms with Crippen LogP contribution >= 0.6 is 0 Å². The fraction of sp³-hybridized carbons (Fsp3) is 0.595. The third kappa shape index (κ3) is 12.9. The molecule has 278 valence electrons. The van der Waals surface area contributed by atoms with E-state index in [0.29, 0.717) is 24.4 Å². The molecule has 2 aliphatic carbocycles. The molecule has 2 aliphatic rings. The normalized spacial score (nSPS) is 17.3. The number of aliphatic hydroxyl groups is 3. The molecule has 1 aromatic rings. The number of hydrogen-bond donors (Lipinski definition) is 5. The number of nitrogens with zero attached hydrogens (tertiary/aromatic N) is 2. The predicted molar refractivity (Wildman–Crippen MR) is 197 cm³/mol. The van der Waals surface area contributed by atoms with Crippen LogP contribution in [0.4, 0.5) is 5.69 Å². The minimum Gasteiger partial charge on any atom is -0.870 e. The lowest BCUT2D eigenvalue weighted by atomic mass is 9.78. The van der Waals surface area contributed by atoms with Crippen LogP contribution < -0.4 is 4.90 Å². The molecular formula is C37H60N2O9S. The Morgan fingerprint density at radius 1 is 0.796 bits per heavy atom. The molecule has 0 spiro atoms. The first-order chi connectivity index (χ1) is 22.5. The van der Waals surface area contributed by atoms with Crippen LogP contribution in [0.2, 0.25) is 0 Å². The second-order valence-electron chi connectivity index (χ2n) is 12.7. The molecule has 1 unspecified atom stereocenters. The van der Waals surface area contributed by atoms with Crippen LogP contribution in [0.1, 0.15) is 110 Å². The Kier molecular flexibility index (Phi) is 19.5. The summed E-state index contributed by atoms with van der Waals surface area (Å²) in [6, 6.07) is 4.84. The standard InChI is InChI=1S/C37H56N2O7S.2H2O/c1-4-7-9-11-13-15-22-39(23-16-14-12-10-8-5-2)29-19-21-31(33(41)27-29)35-36(42)34(37(35)43)30-20-18-28(26-32(30)40)38(6-3)24-17-25-47(44,45)46;;/h18-21,26-27,36,42H,4-17,22-25H2,1-3H3,(H3,40,41,43,44,45,46);2*1H2. The SMILES string of the molecule is CCCCCCCC[N+](CCCCCCCC)=C1C=CC(=C2C(O)=C(c3ccc(N(CC)CCCS(=O)(=O)O)cc3O)C2O)C(O)=C1.O.[OH-]. The average Bonchev–Trinajstić information content (AvgIpc) is 3.03. The Morgan fingerprint density at radius 2 is 1.37 bits per heavy atom. The molecule has 0 bridgehead atoms. The molecule has 0 heterocycles. The molecule has 11 nitrogen and oxygen atoms in total. The van der Waals surface area contributed by atoms with Gasteiger partial charge in [-0.1, -0.05) is 65.2 Å². The molecule has 0 amide bonds. The Balaban J connectivity index is 0.00000600. The van der Waals surface area contributed by atoms with Crippen molar-refractivity contribution in [3.8, 4) is 5.75 Å².